The third kappa shape index (κ3) is 2.54. The molecule has 2 rings (SSSR count). The molecule has 0 saturated heterocycles. The zero-order valence-corrected chi connectivity index (χ0v) is 11.5. The Labute approximate surface area is 111 Å². The van der Waals surface area contributed by atoms with Crippen LogP contribution in [0.25, 0.3) is 11.1 Å². The number of benzene rings is 1. The number of aryl methyl sites for hydroxylation is 1. The van der Waals surface area contributed by atoms with Crippen LogP contribution in [0.1, 0.15) is 4.88 Å². The van der Waals surface area contributed by atoms with Gasteiger partial charge in [0.1, 0.15) is 0 Å². The summed E-state index contributed by atoms with van der Waals surface area (Å²) in [6.07, 6.45) is -0.356. The summed E-state index contributed by atoms with van der Waals surface area (Å²) in [7, 11) is 3.34. The Bertz CT molecular complexity index is 546. The Morgan fingerprint density at radius 3 is 2.50 bits per heavy atom. The van der Waals surface area contributed by atoms with Crippen molar-refractivity contribution in [3.8, 4) is 16.9 Å². The first kappa shape index (κ1) is 12.6. The van der Waals surface area contributed by atoms with Crippen LogP contribution in [0, 0.1) is 6.92 Å². The third-order valence-electron chi connectivity index (χ3n) is 2.57. The zero-order chi connectivity index (χ0) is 13.1. The number of carbonyl (C=O) groups is 1. The van der Waals surface area contributed by atoms with Crippen LogP contribution >= 0.6 is 11.3 Å². The first-order valence-electron chi connectivity index (χ1n) is 5.62. The van der Waals surface area contributed by atoms with Crippen LogP contribution in [0.15, 0.2) is 35.7 Å². The van der Waals surface area contributed by atoms with Crippen molar-refractivity contribution >= 4 is 17.4 Å². The van der Waals surface area contributed by atoms with Crippen LogP contribution in [-0.2, 0) is 0 Å². The molecule has 0 bridgehead atoms. The summed E-state index contributed by atoms with van der Waals surface area (Å²) in [5, 5.41) is 1.87. The largest absolute Gasteiger partial charge is 0.414 e. The molecule has 0 unspecified atom stereocenters. The van der Waals surface area contributed by atoms with Gasteiger partial charge in [-0.15, -0.1) is 11.3 Å². The lowest BCUT2D eigenvalue weighted by Gasteiger charge is -2.11. The molecule has 0 radical (unpaired) electrons. The number of hydrogen-bond acceptors (Lipinski definition) is 3. The molecule has 1 heterocycles. The van der Waals surface area contributed by atoms with Gasteiger partial charge in [-0.1, -0.05) is 30.3 Å². The highest BCUT2D eigenvalue weighted by molar-refractivity contribution is 7.10. The van der Waals surface area contributed by atoms with Crippen molar-refractivity contribution in [2.75, 3.05) is 14.1 Å². The topological polar surface area (TPSA) is 29.5 Å². The molecule has 0 spiro atoms. The van der Waals surface area contributed by atoms with Gasteiger partial charge in [0.2, 0.25) is 0 Å². The molecule has 1 amide bonds. The van der Waals surface area contributed by atoms with Crippen molar-refractivity contribution in [2.24, 2.45) is 0 Å². The first-order chi connectivity index (χ1) is 8.59. The van der Waals surface area contributed by atoms with Crippen LogP contribution in [0.2, 0.25) is 0 Å². The van der Waals surface area contributed by atoms with Gasteiger partial charge in [0.25, 0.3) is 0 Å². The quantitative estimate of drug-likeness (QED) is 0.823. The predicted molar refractivity (Wildman–Crippen MR) is 74.2 cm³/mol. The van der Waals surface area contributed by atoms with Crippen molar-refractivity contribution in [2.45, 2.75) is 6.92 Å². The molecule has 0 saturated carbocycles. The van der Waals surface area contributed by atoms with Crippen LogP contribution in [0.3, 0.4) is 0 Å². The second kappa shape index (κ2) is 5.23. The Morgan fingerprint density at radius 1 is 1.22 bits per heavy atom. The van der Waals surface area contributed by atoms with E-state index in [1.54, 1.807) is 25.4 Å². The van der Waals surface area contributed by atoms with E-state index in [1.165, 1.54) is 4.90 Å². The van der Waals surface area contributed by atoms with E-state index in [2.05, 4.69) is 0 Å². The fraction of sp³-hybridized carbons (Fsp3) is 0.214. The van der Waals surface area contributed by atoms with E-state index in [4.69, 9.17) is 4.74 Å². The molecule has 0 aliphatic rings. The van der Waals surface area contributed by atoms with E-state index in [0.717, 1.165) is 16.0 Å². The fourth-order valence-electron chi connectivity index (χ4n) is 1.64. The summed E-state index contributed by atoms with van der Waals surface area (Å²) < 4.78 is 5.38. The molecule has 0 aliphatic carbocycles. The van der Waals surface area contributed by atoms with Crippen molar-refractivity contribution in [3.63, 3.8) is 0 Å². The van der Waals surface area contributed by atoms with Crippen LogP contribution in [0.5, 0.6) is 5.75 Å². The Kier molecular flexibility index (Phi) is 3.67. The normalized spacial score (nSPS) is 10.2. The van der Waals surface area contributed by atoms with Crippen LogP contribution in [-0.4, -0.2) is 25.1 Å². The molecule has 1 aromatic heterocycles. The lowest BCUT2D eigenvalue weighted by atomic mass is 10.1. The number of ether oxygens (including phenoxy) is 1. The maximum atomic E-state index is 11.6. The monoisotopic (exact) mass is 261 g/mol. The number of rotatable bonds is 2. The second-order valence-corrected chi connectivity index (χ2v) is 5.24. The standard InChI is InChI=1S/C14H15NO2S/c1-10-13(11-7-5-4-6-8-11)12(9-18-10)17-14(16)15(2)3/h4-9H,1-3H3. The van der Waals surface area contributed by atoms with Crippen LogP contribution < -0.4 is 4.74 Å². The number of hydrogen-bond donors (Lipinski definition) is 0. The number of nitrogens with zero attached hydrogens (tertiary/aromatic N) is 1. The smallest absolute Gasteiger partial charge is 0.409 e. The van der Waals surface area contributed by atoms with Crippen LogP contribution in [0.4, 0.5) is 4.79 Å². The Morgan fingerprint density at radius 2 is 1.89 bits per heavy atom. The first-order valence-corrected chi connectivity index (χ1v) is 6.50. The molecule has 18 heavy (non-hydrogen) atoms. The van der Waals surface area contributed by atoms with Crippen molar-refractivity contribution in [1.82, 2.24) is 4.90 Å². The zero-order valence-electron chi connectivity index (χ0n) is 10.6. The van der Waals surface area contributed by atoms with Gasteiger partial charge in [-0.2, -0.15) is 0 Å². The Hall–Kier alpha value is -1.81. The molecule has 94 valence electrons. The van der Waals surface area contributed by atoms with E-state index in [-0.39, 0.29) is 6.09 Å². The lowest BCUT2D eigenvalue weighted by Crippen LogP contribution is -2.25. The summed E-state index contributed by atoms with van der Waals surface area (Å²) in [5.41, 5.74) is 2.06. The molecule has 3 nitrogen and oxygen atoms in total. The predicted octanol–water partition coefficient (Wildman–Crippen LogP) is 3.78. The third-order valence-corrected chi connectivity index (χ3v) is 3.46. The van der Waals surface area contributed by atoms with Crippen molar-refractivity contribution in [1.29, 1.82) is 0 Å². The average molecular weight is 261 g/mol. The van der Waals surface area contributed by atoms with E-state index in [9.17, 15) is 4.79 Å². The number of carbonyl (C=O) groups excluding carboxylic acids is 1. The second-order valence-electron chi connectivity index (χ2n) is 4.16. The highest BCUT2D eigenvalue weighted by Gasteiger charge is 2.15. The van der Waals surface area contributed by atoms with E-state index >= 15 is 0 Å². The van der Waals surface area contributed by atoms with Gasteiger partial charge in [-0.25, -0.2) is 4.79 Å². The molecule has 0 fully saturated rings. The maximum absolute atomic E-state index is 11.6. The molecule has 0 atom stereocenters. The molecule has 0 aliphatic heterocycles. The molecular formula is C14H15NO2S. The van der Waals surface area contributed by atoms with Gasteiger partial charge >= 0.3 is 6.09 Å². The summed E-state index contributed by atoms with van der Waals surface area (Å²) >= 11 is 1.58. The summed E-state index contributed by atoms with van der Waals surface area (Å²) in [5.74, 6) is 0.627. The summed E-state index contributed by atoms with van der Waals surface area (Å²) in [6, 6.07) is 9.95. The fourth-order valence-corrected chi connectivity index (χ4v) is 2.43. The van der Waals surface area contributed by atoms with E-state index < -0.39 is 0 Å². The average Bonchev–Trinajstić information content (AvgIpc) is 2.71. The molecule has 4 heteroatoms. The van der Waals surface area contributed by atoms with E-state index in [0.29, 0.717) is 5.75 Å². The van der Waals surface area contributed by atoms with Gasteiger partial charge in [0.05, 0.1) is 0 Å². The molecule has 1 aromatic carbocycles. The minimum Gasteiger partial charge on any atom is -0.409 e. The van der Waals surface area contributed by atoms with E-state index in [1.807, 2.05) is 42.6 Å². The summed E-state index contributed by atoms with van der Waals surface area (Å²) in [6.45, 7) is 2.03. The molecule has 2 aromatic rings. The van der Waals surface area contributed by atoms with Crippen molar-refractivity contribution in [3.05, 3.63) is 40.6 Å². The SMILES string of the molecule is Cc1scc(OC(=O)N(C)C)c1-c1ccccc1. The minimum atomic E-state index is -0.356. The molecule has 0 N–H and O–H groups in total. The minimum absolute atomic E-state index is 0.356. The number of amides is 1. The van der Waals surface area contributed by atoms with Gasteiger partial charge in [0, 0.05) is 29.9 Å². The van der Waals surface area contributed by atoms with Gasteiger partial charge in [-0.3, -0.25) is 0 Å². The summed E-state index contributed by atoms with van der Waals surface area (Å²) in [4.78, 5) is 14.2. The van der Waals surface area contributed by atoms with Gasteiger partial charge < -0.3 is 9.64 Å². The lowest BCUT2D eigenvalue weighted by molar-refractivity contribution is 0.172. The molecular weight excluding hydrogens is 246 g/mol. The van der Waals surface area contributed by atoms with Gasteiger partial charge in [0.15, 0.2) is 5.75 Å². The number of thiophene rings is 1. The van der Waals surface area contributed by atoms with Gasteiger partial charge in [-0.05, 0) is 12.5 Å². The van der Waals surface area contributed by atoms with Crippen molar-refractivity contribution < 1.29 is 9.53 Å². The highest BCUT2D eigenvalue weighted by Crippen LogP contribution is 2.38. The highest BCUT2D eigenvalue weighted by atomic mass is 32.1. The Balaban J connectivity index is 2.37. The maximum Gasteiger partial charge on any atom is 0.414 e.